The molecule has 1 saturated carbocycles. The lowest BCUT2D eigenvalue weighted by Crippen LogP contribution is -2.41. The number of nitrogens with zero attached hydrogens (tertiary/aromatic N) is 1. The first-order chi connectivity index (χ1) is 7.60. The molecule has 2 nitrogen and oxygen atoms in total. The van der Waals surface area contributed by atoms with Crippen molar-refractivity contribution in [2.45, 2.75) is 52.5 Å². The second-order valence-electron chi connectivity index (χ2n) is 6.35. The van der Waals surface area contributed by atoms with Crippen LogP contribution in [0.4, 0.5) is 0 Å². The maximum atomic E-state index is 3.70. The summed E-state index contributed by atoms with van der Waals surface area (Å²) < 4.78 is 0. The number of rotatable bonds is 5. The van der Waals surface area contributed by atoms with E-state index in [0.29, 0.717) is 11.5 Å². The van der Waals surface area contributed by atoms with Gasteiger partial charge in [0.2, 0.25) is 0 Å². The molecule has 1 heterocycles. The van der Waals surface area contributed by atoms with Gasteiger partial charge >= 0.3 is 0 Å². The largest absolute Gasteiger partial charge is 0.312 e. The van der Waals surface area contributed by atoms with Crippen molar-refractivity contribution in [1.29, 1.82) is 0 Å². The molecule has 0 amide bonds. The van der Waals surface area contributed by atoms with Gasteiger partial charge in [-0.15, -0.1) is 0 Å². The molecular weight excluding hydrogens is 196 g/mol. The molecule has 1 N–H and O–H groups in total. The van der Waals surface area contributed by atoms with Gasteiger partial charge in [0.15, 0.2) is 0 Å². The lowest BCUT2D eigenvalue weighted by atomic mass is 9.99. The van der Waals surface area contributed by atoms with Crippen molar-refractivity contribution in [3.05, 3.63) is 0 Å². The number of piperidine rings is 1. The summed E-state index contributed by atoms with van der Waals surface area (Å²) in [6.07, 6.45) is 5.63. The second kappa shape index (κ2) is 5.05. The molecule has 1 saturated heterocycles. The van der Waals surface area contributed by atoms with Gasteiger partial charge in [-0.25, -0.2) is 0 Å². The molecule has 2 fully saturated rings. The molecular formula is C14H28N2. The average Bonchev–Trinajstić information content (AvgIpc) is 3.01. The highest BCUT2D eigenvalue weighted by molar-refractivity contribution is 4.96. The van der Waals surface area contributed by atoms with E-state index in [1.54, 1.807) is 0 Å². The van der Waals surface area contributed by atoms with E-state index in [0.717, 1.165) is 5.92 Å². The monoisotopic (exact) mass is 224 g/mol. The van der Waals surface area contributed by atoms with E-state index in [-0.39, 0.29) is 0 Å². The standard InChI is InChI=1S/C14H28N2/c1-12-4-9-16(10-5-12)11-8-15-13(2)14(3)6-7-14/h12-13,15H,4-11H2,1-3H3. The molecule has 0 radical (unpaired) electrons. The molecule has 1 atom stereocenters. The summed E-state index contributed by atoms with van der Waals surface area (Å²) in [5.74, 6) is 0.952. The zero-order chi connectivity index (χ0) is 11.6. The van der Waals surface area contributed by atoms with Gasteiger partial charge in [0, 0.05) is 19.1 Å². The van der Waals surface area contributed by atoms with E-state index >= 15 is 0 Å². The van der Waals surface area contributed by atoms with Crippen LogP contribution in [-0.2, 0) is 0 Å². The minimum Gasteiger partial charge on any atom is -0.312 e. The normalized spacial score (nSPS) is 27.9. The van der Waals surface area contributed by atoms with Gasteiger partial charge in [-0.05, 0) is 57.0 Å². The van der Waals surface area contributed by atoms with Crippen LogP contribution >= 0.6 is 0 Å². The van der Waals surface area contributed by atoms with Crippen LogP contribution in [0, 0.1) is 11.3 Å². The Morgan fingerprint density at radius 2 is 1.94 bits per heavy atom. The first-order valence-corrected chi connectivity index (χ1v) is 7.06. The molecule has 2 aliphatic rings. The summed E-state index contributed by atoms with van der Waals surface area (Å²) in [6, 6.07) is 0.705. The number of nitrogens with one attached hydrogen (secondary N) is 1. The first-order valence-electron chi connectivity index (χ1n) is 7.06. The molecule has 0 aromatic carbocycles. The third kappa shape index (κ3) is 3.21. The maximum Gasteiger partial charge on any atom is 0.0107 e. The van der Waals surface area contributed by atoms with Crippen LogP contribution in [0.5, 0.6) is 0 Å². The third-order valence-corrected chi connectivity index (χ3v) is 4.84. The van der Waals surface area contributed by atoms with Gasteiger partial charge in [0.25, 0.3) is 0 Å². The van der Waals surface area contributed by atoms with E-state index in [4.69, 9.17) is 0 Å². The zero-order valence-electron chi connectivity index (χ0n) is 11.3. The Kier molecular flexibility index (Phi) is 3.91. The predicted octanol–water partition coefficient (Wildman–Crippen LogP) is 2.50. The summed E-state index contributed by atoms with van der Waals surface area (Å²) in [6.45, 7) is 12.2. The van der Waals surface area contributed by atoms with Gasteiger partial charge in [0.05, 0.1) is 0 Å². The van der Waals surface area contributed by atoms with Crippen molar-refractivity contribution in [1.82, 2.24) is 10.2 Å². The van der Waals surface area contributed by atoms with Gasteiger partial charge in [-0.1, -0.05) is 13.8 Å². The Labute approximate surface area is 101 Å². The van der Waals surface area contributed by atoms with Crippen molar-refractivity contribution >= 4 is 0 Å². The molecule has 2 heteroatoms. The minimum atomic E-state index is 0.621. The van der Waals surface area contributed by atoms with Crippen LogP contribution < -0.4 is 5.32 Å². The third-order valence-electron chi connectivity index (χ3n) is 4.84. The molecule has 0 spiro atoms. The lowest BCUT2D eigenvalue weighted by Gasteiger charge is -2.31. The highest BCUT2D eigenvalue weighted by atomic mass is 15.1. The zero-order valence-corrected chi connectivity index (χ0v) is 11.3. The highest BCUT2D eigenvalue weighted by Gasteiger charge is 2.42. The van der Waals surface area contributed by atoms with E-state index in [1.807, 2.05) is 0 Å². The van der Waals surface area contributed by atoms with Gasteiger partial charge in [-0.3, -0.25) is 0 Å². The van der Waals surface area contributed by atoms with Gasteiger partial charge < -0.3 is 10.2 Å². The van der Waals surface area contributed by atoms with E-state index in [9.17, 15) is 0 Å². The molecule has 2 rings (SSSR count). The fourth-order valence-corrected chi connectivity index (χ4v) is 2.60. The minimum absolute atomic E-state index is 0.621. The maximum absolute atomic E-state index is 3.70. The van der Waals surface area contributed by atoms with E-state index < -0.39 is 0 Å². The van der Waals surface area contributed by atoms with Crippen molar-refractivity contribution in [3.63, 3.8) is 0 Å². The first kappa shape index (κ1) is 12.4. The summed E-state index contributed by atoms with van der Waals surface area (Å²) >= 11 is 0. The molecule has 94 valence electrons. The second-order valence-corrected chi connectivity index (χ2v) is 6.35. The average molecular weight is 224 g/mol. The smallest absolute Gasteiger partial charge is 0.0107 e. The fourth-order valence-electron chi connectivity index (χ4n) is 2.60. The van der Waals surface area contributed by atoms with Crippen molar-refractivity contribution in [2.24, 2.45) is 11.3 Å². The van der Waals surface area contributed by atoms with E-state index in [2.05, 4.69) is 31.0 Å². The van der Waals surface area contributed by atoms with E-state index in [1.165, 1.54) is 51.9 Å². The Hall–Kier alpha value is -0.0800. The molecule has 1 aliphatic carbocycles. The van der Waals surface area contributed by atoms with Crippen LogP contribution in [0.15, 0.2) is 0 Å². The van der Waals surface area contributed by atoms with Crippen LogP contribution in [0.2, 0.25) is 0 Å². The fraction of sp³-hybridized carbons (Fsp3) is 1.00. The van der Waals surface area contributed by atoms with Gasteiger partial charge in [0.1, 0.15) is 0 Å². The predicted molar refractivity (Wildman–Crippen MR) is 69.6 cm³/mol. The van der Waals surface area contributed by atoms with Crippen LogP contribution in [0.25, 0.3) is 0 Å². The Morgan fingerprint density at radius 1 is 1.31 bits per heavy atom. The summed E-state index contributed by atoms with van der Waals surface area (Å²) in [7, 11) is 0. The molecule has 0 aromatic heterocycles. The van der Waals surface area contributed by atoms with Crippen LogP contribution in [0.3, 0.4) is 0 Å². The Morgan fingerprint density at radius 3 is 2.50 bits per heavy atom. The van der Waals surface area contributed by atoms with Crippen molar-refractivity contribution in [3.8, 4) is 0 Å². The quantitative estimate of drug-likeness (QED) is 0.772. The van der Waals surface area contributed by atoms with Crippen LogP contribution in [-0.4, -0.2) is 37.1 Å². The molecule has 16 heavy (non-hydrogen) atoms. The number of likely N-dealkylation sites (tertiary alicyclic amines) is 1. The number of hydrogen-bond donors (Lipinski definition) is 1. The van der Waals surface area contributed by atoms with Crippen molar-refractivity contribution in [2.75, 3.05) is 26.2 Å². The summed E-state index contributed by atoms with van der Waals surface area (Å²) in [5.41, 5.74) is 0.621. The summed E-state index contributed by atoms with van der Waals surface area (Å²) in [4.78, 5) is 2.62. The highest BCUT2D eigenvalue weighted by Crippen LogP contribution is 2.47. The number of hydrogen-bond acceptors (Lipinski definition) is 2. The van der Waals surface area contributed by atoms with Gasteiger partial charge in [-0.2, -0.15) is 0 Å². The Balaban J connectivity index is 1.57. The van der Waals surface area contributed by atoms with Crippen LogP contribution in [0.1, 0.15) is 46.5 Å². The Bertz CT molecular complexity index is 215. The molecule has 1 aliphatic heterocycles. The topological polar surface area (TPSA) is 15.3 Å². The molecule has 0 bridgehead atoms. The molecule has 0 aromatic rings. The lowest BCUT2D eigenvalue weighted by molar-refractivity contribution is 0.189. The molecule has 1 unspecified atom stereocenters. The SMILES string of the molecule is CC1CCN(CCNC(C)C2(C)CC2)CC1. The van der Waals surface area contributed by atoms with Crippen molar-refractivity contribution < 1.29 is 0 Å². The summed E-state index contributed by atoms with van der Waals surface area (Å²) in [5, 5.41) is 3.70.